The van der Waals surface area contributed by atoms with E-state index in [1.54, 1.807) is 14.2 Å². The van der Waals surface area contributed by atoms with Gasteiger partial charge in [0.2, 0.25) is 0 Å². The molecule has 4 heterocycles. The van der Waals surface area contributed by atoms with Gasteiger partial charge >= 0.3 is 6.01 Å². The average molecular weight is 730 g/mol. The van der Waals surface area contributed by atoms with E-state index in [4.69, 9.17) is 35.3 Å². The van der Waals surface area contributed by atoms with Crippen molar-refractivity contribution in [3.05, 3.63) is 47.7 Å². The third kappa shape index (κ3) is 6.67. The lowest BCUT2D eigenvalue weighted by molar-refractivity contribution is -0.277. The molecule has 4 aliphatic rings. The van der Waals surface area contributed by atoms with Gasteiger partial charge in [0.1, 0.15) is 28.6 Å². The lowest BCUT2D eigenvalue weighted by atomic mass is 9.72. The molecule has 53 heavy (non-hydrogen) atoms. The minimum atomic E-state index is -0.739. The van der Waals surface area contributed by atoms with Crippen molar-refractivity contribution in [1.82, 2.24) is 19.9 Å². The number of aromatic hydroxyl groups is 1. The van der Waals surface area contributed by atoms with Gasteiger partial charge in [0, 0.05) is 81.4 Å². The van der Waals surface area contributed by atoms with Crippen molar-refractivity contribution in [1.29, 1.82) is 0 Å². The van der Waals surface area contributed by atoms with Gasteiger partial charge in [0.15, 0.2) is 11.6 Å². The maximum atomic E-state index is 17.0. The Morgan fingerprint density at radius 3 is 2.58 bits per heavy atom. The van der Waals surface area contributed by atoms with Crippen LogP contribution in [0.2, 0.25) is 0 Å². The van der Waals surface area contributed by atoms with Gasteiger partial charge in [-0.05, 0) is 62.2 Å². The number of terminal acetylenes is 1. The predicted octanol–water partition coefficient (Wildman–Crippen LogP) is 7.23. The number of pyridine rings is 1. The third-order valence-corrected chi connectivity index (χ3v) is 11.8. The van der Waals surface area contributed by atoms with E-state index < -0.39 is 17.4 Å². The fourth-order valence-electron chi connectivity index (χ4n) is 9.12. The zero-order chi connectivity index (χ0) is 37.3. The monoisotopic (exact) mass is 729 g/mol. The number of hydrogen-bond acceptors (Lipinski definition) is 10. The van der Waals surface area contributed by atoms with Gasteiger partial charge in [-0.25, -0.2) is 8.78 Å². The van der Waals surface area contributed by atoms with Crippen LogP contribution in [0.4, 0.5) is 14.6 Å². The number of ether oxygens (including phenoxy) is 4. The van der Waals surface area contributed by atoms with Crippen molar-refractivity contribution >= 4 is 27.5 Å². The molecule has 2 saturated heterocycles. The summed E-state index contributed by atoms with van der Waals surface area (Å²) in [6, 6.07) is 6.38. The van der Waals surface area contributed by atoms with E-state index in [0.717, 1.165) is 57.9 Å². The highest BCUT2D eigenvalue weighted by Gasteiger charge is 2.55. The molecule has 1 N–H and O–H groups in total. The number of phenols is 1. The van der Waals surface area contributed by atoms with E-state index in [-0.39, 0.29) is 44.9 Å². The molecule has 4 fully saturated rings. The molecule has 2 aliphatic carbocycles. The van der Waals surface area contributed by atoms with Crippen LogP contribution in [0.25, 0.3) is 32.9 Å². The van der Waals surface area contributed by atoms with Gasteiger partial charge in [-0.1, -0.05) is 32.3 Å². The summed E-state index contributed by atoms with van der Waals surface area (Å²) in [7, 11) is 3.42. The summed E-state index contributed by atoms with van der Waals surface area (Å²) in [5.74, 6) is 0.916. The molecule has 4 aromatic rings. The molecule has 0 spiro atoms. The Kier molecular flexibility index (Phi) is 10.7. The number of nitrogens with zero attached hydrogens (tertiary/aromatic N) is 5. The number of methoxy groups -OCH3 is 2. The van der Waals surface area contributed by atoms with Crippen molar-refractivity contribution < 1.29 is 32.8 Å². The number of piperidine rings is 1. The molecule has 10 nitrogen and oxygen atoms in total. The summed E-state index contributed by atoms with van der Waals surface area (Å²) < 4.78 is 55.6. The summed E-state index contributed by atoms with van der Waals surface area (Å²) in [6.07, 6.45) is 15.0. The Bertz CT molecular complexity index is 2000. The van der Waals surface area contributed by atoms with Crippen LogP contribution in [0.5, 0.6) is 11.8 Å². The Morgan fingerprint density at radius 2 is 1.81 bits per heavy atom. The first-order valence-corrected chi connectivity index (χ1v) is 18.9. The first kappa shape index (κ1) is 37.2. The van der Waals surface area contributed by atoms with Gasteiger partial charge < -0.3 is 29.0 Å². The van der Waals surface area contributed by atoms with Crippen molar-refractivity contribution in [3.63, 3.8) is 0 Å². The van der Waals surface area contributed by atoms with Crippen molar-refractivity contribution in [2.75, 3.05) is 58.6 Å². The van der Waals surface area contributed by atoms with Crippen LogP contribution < -0.4 is 9.64 Å². The minimum Gasteiger partial charge on any atom is -0.508 e. The van der Waals surface area contributed by atoms with E-state index in [9.17, 15) is 9.50 Å². The van der Waals surface area contributed by atoms with Crippen molar-refractivity contribution in [2.45, 2.75) is 83.1 Å². The number of rotatable bonds is 8. The van der Waals surface area contributed by atoms with E-state index >= 15 is 4.39 Å². The van der Waals surface area contributed by atoms with Crippen LogP contribution >= 0.6 is 0 Å². The van der Waals surface area contributed by atoms with E-state index in [1.807, 2.05) is 13.8 Å². The van der Waals surface area contributed by atoms with Crippen LogP contribution in [-0.2, 0) is 14.2 Å². The van der Waals surface area contributed by atoms with Crippen LogP contribution in [0.15, 0.2) is 30.5 Å². The maximum Gasteiger partial charge on any atom is 0.319 e. The topological polar surface area (TPSA) is 102 Å². The van der Waals surface area contributed by atoms with Gasteiger partial charge in [-0.15, -0.1) is 6.42 Å². The van der Waals surface area contributed by atoms with Gasteiger partial charge in [0.05, 0.1) is 24.2 Å². The zero-order valence-corrected chi connectivity index (χ0v) is 31.1. The summed E-state index contributed by atoms with van der Waals surface area (Å²) in [5, 5.41) is 11.8. The molecule has 2 aromatic carbocycles. The summed E-state index contributed by atoms with van der Waals surface area (Å²) in [5.41, 5.74) is -0.0365. The molecule has 2 atom stereocenters. The predicted molar refractivity (Wildman–Crippen MR) is 200 cm³/mol. The van der Waals surface area contributed by atoms with Gasteiger partial charge in [-0.3, -0.25) is 9.88 Å². The van der Waals surface area contributed by atoms with Crippen LogP contribution in [-0.4, -0.2) is 96.5 Å². The molecule has 12 heteroatoms. The number of hydrogen-bond donors (Lipinski definition) is 1. The first-order valence-electron chi connectivity index (χ1n) is 18.9. The number of anilines is 1. The Morgan fingerprint density at radius 1 is 1.02 bits per heavy atom. The fourth-order valence-corrected chi connectivity index (χ4v) is 9.12. The van der Waals surface area contributed by atoms with E-state index in [2.05, 4.69) is 20.7 Å². The number of fused-ring (bicyclic) bond motifs is 3. The number of likely N-dealkylation sites (tertiary alicyclic amines) is 1. The zero-order valence-electron chi connectivity index (χ0n) is 31.1. The second kappa shape index (κ2) is 15.3. The molecule has 2 aromatic heterocycles. The van der Waals surface area contributed by atoms with Crippen molar-refractivity contribution in [3.8, 4) is 35.4 Å². The lowest BCUT2D eigenvalue weighted by Gasteiger charge is -2.56. The van der Waals surface area contributed by atoms with Crippen LogP contribution in [0, 0.1) is 29.4 Å². The van der Waals surface area contributed by atoms with E-state index in [0.29, 0.717) is 61.6 Å². The molecule has 8 rings (SSSR count). The average Bonchev–Trinajstić information content (AvgIpc) is 3.41. The highest BCUT2D eigenvalue weighted by atomic mass is 19.1. The van der Waals surface area contributed by atoms with Crippen molar-refractivity contribution in [2.24, 2.45) is 5.41 Å². The molecule has 2 unspecified atom stereocenters. The summed E-state index contributed by atoms with van der Waals surface area (Å²) in [6.45, 7) is 7.78. The fraction of sp³-hybridized carbons (Fsp3) is 0.537. The summed E-state index contributed by atoms with van der Waals surface area (Å²) in [4.78, 5) is 18.8. The number of halogens is 2. The molecule has 0 bridgehead atoms. The number of benzene rings is 2. The largest absolute Gasteiger partial charge is 0.508 e. The highest BCUT2D eigenvalue weighted by molar-refractivity contribution is 6.03. The van der Waals surface area contributed by atoms with E-state index in [1.165, 1.54) is 30.5 Å². The maximum absolute atomic E-state index is 17.0. The number of aromatic nitrogens is 3. The molecular formula is C41H49F2N5O5. The first-order chi connectivity index (χ1) is 25.8. The second-order valence-electron chi connectivity index (χ2n) is 14.4. The molecule has 2 aliphatic heterocycles. The second-order valence-corrected chi connectivity index (χ2v) is 14.4. The van der Waals surface area contributed by atoms with Gasteiger partial charge in [0.25, 0.3) is 0 Å². The standard InChI is InChI=1S/C39H43F2N5O5.C2H6/c1-4-27-30(40)10-9-24-18-26(47)19-28(32(24)27)34-33(41)35-29(22-42-34)36(45-13-7-16-50-17-15-45)44-37(43-35)51-23-38-11-5-8-31(38)46(14-6-12-38)25-20-39(21-25,48-2)49-3;1-2/h1,9-10,18-19,22,25,31,47H,5-8,11-17,20-21,23H2,2-3H3;1-2H3. The van der Waals surface area contributed by atoms with Gasteiger partial charge in [-0.2, -0.15) is 9.97 Å². The molecule has 0 amide bonds. The SMILES string of the molecule is C#Cc1c(F)ccc2cc(O)cc(-c3ncc4c(N5CCCOCC5)nc(OCC56CCCC5N(C5CC(OC)(OC)C5)CCC6)nc4c3F)c12.CC. The normalized spacial score (nSPS) is 23.1. The lowest BCUT2D eigenvalue weighted by Crippen LogP contribution is -2.63. The Labute approximate surface area is 309 Å². The molecule has 0 radical (unpaired) electrons. The number of phenolic OH excluding ortho intramolecular Hbond substituents is 1. The highest BCUT2D eigenvalue weighted by Crippen LogP contribution is 2.52. The smallest absolute Gasteiger partial charge is 0.319 e. The van der Waals surface area contributed by atoms with Crippen LogP contribution in [0.3, 0.4) is 0 Å². The summed E-state index contributed by atoms with van der Waals surface area (Å²) >= 11 is 0. The Hall–Kier alpha value is -4.15. The molecular weight excluding hydrogens is 680 g/mol. The molecule has 2 saturated carbocycles. The molecule has 282 valence electrons. The third-order valence-electron chi connectivity index (χ3n) is 11.8. The minimum absolute atomic E-state index is 0.0241. The van der Waals surface area contributed by atoms with Crippen LogP contribution in [0.1, 0.15) is 70.8 Å². The quantitative estimate of drug-likeness (QED) is 0.148. The Balaban J connectivity index is 0.00000214.